The Morgan fingerprint density at radius 2 is 1.62 bits per heavy atom. The molecule has 2 aromatic heterocycles. The van der Waals surface area contributed by atoms with E-state index in [1.54, 1.807) is 49.4 Å². The molecule has 1 spiro atoms. The van der Waals surface area contributed by atoms with Crippen molar-refractivity contribution in [2.45, 2.75) is 90.4 Å². The van der Waals surface area contributed by atoms with Gasteiger partial charge in [-0.3, -0.25) is 10.1 Å². The van der Waals surface area contributed by atoms with Crippen molar-refractivity contribution in [1.29, 1.82) is 0 Å². The van der Waals surface area contributed by atoms with Gasteiger partial charge in [0.25, 0.3) is 0 Å². The van der Waals surface area contributed by atoms with Crippen LogP contribution in [-0.4, -0.2) is 69.2 Å². The topological polar surface area (TPSA) is 114 Å². The van der Waals surface area contributed by atoms with E-state index in [1.165, 1.54) is 0 Å². The van der Waals surface area contributed by atoms with Crippen molar-refractivity contribution in [1.82, 2.24) is 14.9 Å². The summed E-state index contributed by atoms with van der Waals surface area (Å²) >= 11 is 1.61. The number of rotatable bonds is 6. The number of Topliss-reactive ketones (excluding diaryl/α,β-unsaturated/α-hetero) is 1. The van der Waals surface area contributed by atoms with Gasteiger partial charge in [-0.1, -0.05) is 12.1 Å². The van der Waals surface area contributed by atoms with Gasteiger partial charge in [0.15, 0.2) is 5.78 Å². The summed E-state index contributed by atoms with van der Waals surface area (Å²) in [4.78, 5) is 53.1. The molecule has 2 amide bonds. The summed E-state index contributed by atoms with van der Waals surface area (Å²) in [5.41, 5.74) is 1.26. The molecule has 2 aliphatic heterocycles. The first-order valence-corrected chi connectivity index (χ1v) is 16.4. The van der Waals surface area contributed by atoms with Gasteiger partial charge in [-0.15, -0.1) is 11.3 Å². The molecule has 0 saturated carbocycles. The Morgan fingerprint density at radius 3 is 2.24 bits per heavy atom. The molecule has 240 valence electrons. The van der Waals surface area contributed by atoms with E-state index in [2.05, 4.69) is 20.2 Å². The summed E-state index contributed by atoms with van der Waals surface area (Å²) < 4.78 is 11.0. The zero-order valence-corrected chi connectivity index (χ0v) is 27.8. The minimum Gasteiger partial charge on any atom is -0.444 e. The molecule has 4 heterocycles. The smallest absolute Gasteiger partial charge is 0.412 e. The minimum absolute atomic E-state index is 0.0568. The van der Waals surface area contributed by atoms with Crippen LogP contribution >= 0.6 is 11.3 Å². The van der Waals surface area contributed by atoms with Crippen molar-refractivity contribution in [2.75, 3.05) is 29.9 Å². The minimum atomic E-state index is -0.654. The molecular formula is C34H43N5O5S. The van der Waals surface area contributed by atoms with Crippen molar-refractivity contribution in [2.24, 2.45) is 0 Å². The number of anilines is 2. The van der Waals surface area contributed by atoms with Gasteiger partial charge in [-0.05, 0) is 102 Å². The Morgan fingerprint density at radius 1 is 0.933 bits per heavy atom. The highest BCUT2D eigenvalue weighted by Crippen LogP contribution is 2.40. The van der Waals surface area contributed by atoms with Crippen LogP contribution in [-0.2, 0) is 15.9 Å². The van der Waals surface area contributed by atoms with Crippen LogP contribution in [0.25, 0.3) is 10.4 Å². The van der Waals surface area contributed by atoms with E-state index in [0.29, 0.717) is 35.9 Å². The van der Waals surface area contributed by atoms with Crippen LogP contribution in [0.2, 0.25) is 0 Å². The van der Waals surface area contributed by atoms with E-state index in [1.807, 2.05) is 56.5 Å². The predicted octanol–water partition coefficient (Wildman–Crippen LogP) is 7.35. The molecule has 45 heavy (non-hydrogen) atoms. The Kier molecular flexibility index (Phi) is 9.21. The monoisotopic (exact) mass is 633 g/mol. The molecule has 1 aromatic carbocycles. The Labute approximate surface area is 269 Å². The summed E-state index contributed by atoms with van der Waals surface area (Å²) in [6, 6.07) is 9.66. The van der Waals surface area contributed by atoms with Gasteiger partial charge in [0.05, 0.1) is 5.56 Å². The molecule has 11 heteroatoms. The van der Waals surface area contributed by atoms with Crippen molar-refractivity contribution in [3.8, 4) is 10.4 Å². The first-order valence-electron chi connectivity index (χ1n) is 15.5. The van der Waals surface area contributed by atoms with Crippen LogP contribution in [0.1, 0.15) is 83.1 Å². The van der Waals surface area contributed by atoms with Crippen LogP contribution in [0.3, 0.4) is 0 Å². The van der Waals surface area contributed by atoms with Crippen LogP contribution < -0.4 is 10.2 Å². The van der Waals surface area contributed by atoms with Crippen molar-refractivity contribution in [3.63, 3.8) is 0 Å². The maximum Gasteiger partial charge on any atom is 0.412 e. The Balaban J connectivity index is 1.29. The lowest BCUT2D eigenvalue weighted by molar-refractivity contribution is 0.0169. The summed E-state index contributed by atoms with van der Waals surface area (Å²) in [7, 11) is 0. The number of hydrogen-bond donors (Lipinski definition) is 1. The van der Waals surface area contributed by atoms with Crippen molar-refractivity contribution in [3.05, 3.63) is 59.2 Å². The number of amides is 2. The number of nitrogens with zero attached hydrogens (tertiary/aromatic N) is 4. The van der Waals surface area contributed by atoms with Gasteiger partial charge in [-0.2, -0.15) is 0 Å². The molecule has 0 unspecified atom stereocenters. The number of ether oxygens (including phenoxy) is 2. The third-order valence-electron chi connectivity index (χ3n) is 8.04. The molecule has 2 fully saturated rings. The number of likely N-dealkylation sites (tertiary alicyclic amines) is 1. The summed E-state index contributed by atoms with van der Waals surface area (Å²) in [5.74, 6) is 0.445. The number of ketones is 1. The average molecular weight is 634 g/mol. The zero-order valence-electron chi connectivity index (χ0n) is 27.0. The lowest BCUT2D eigenvalue weighted by atomic mass is 9.85. The normalized spacial score (nSPS) is 16.5. The van der Waals surface area contributed by atoms with Gasteiger partial charge in [-0.25, -0.2) is 19.6 Å². The first-order chi connectivity index (χ1) is 21.2. The predicted molar refractivity (Wildman–Crippen MR) is 176 cm³/mol. The highest BCUT2D eigenvalue weighted by atomic mass is 32.1. The molecule has 3 aromatic rings. The largest absolute Gasteiger partial charge is 0.444 e. The van der Waals surface area contributed by atoms with E-state index in [-0.39, 0.29) is 23.8 Å². The number of carbonyl (C=O) groups excluding carboxylic acids is 3. The quantitative estimate of drug-likeness (QED) is 0.280. The fourth-order valence-corrected chi connectivity index (χ4v) is 6.68. The van der Waals surface area contributed by atoms with Crippen molar-refractivity contribution >= 4 is 40.9 Å². The molecule has 2 aliphatic rings. The van der Waals surface area contributed by atoms with Crippen LogP contribution in [0.5, 0.6) is 0 Å². The Bertz CT molecular complexity index is 1520. The molecule has 0 bridgehead atoms. The lowest BCUT2D eigenvalue weighted by Gasteiger charge is -2.45. The fourth-order valence-electron chi connectivity index (χ4n) is 5.95. The zero-order chi connectivity index (χ0) is 32.4. The number of carbonyl (C=O) groups is 3. The lowest BCUT2D eigenvalue weighted by Crippen LogP contribution is -2.54. The highest BCUT2D eigenvalue weighted by Gasteiger charge is 2.45. The van der Waals surface area contributed by atoms with Crippen LogP contribution in [0.15, 0.2) is 48.1 Å². The number of aromatic nitrogens is 2. The molecule has 10 nitrogen and oxygen atoms in total. The van der Waals surface area contributed by atoms with E-state index in [0.717, 1.165) is 42.7 Å². The molecule has 2 saturated heterocycles. The second-order valence-electron chi connectivity index (χ2n) is 13.8. The molecule has 0 aliphatic carbocycles. The van der Waals surface area contributed by atoms with Gasteiger partial charge >= 0.3 is 12.2 Å². The second kappa shape index (κ2) is 12.8. The van der Waals surface area contributed by atoms with Gasteiger partial charge in [0.2, 0.25) is 5.95 Å². The van der Waals surface area contributed by atoms with E-state index < -0.39 is 17.3 Å². The number of benzene rings is 1. The van der Waals surface area contributed by atoms with E-state index in [9.17, 15) is 14.4 Å². The highest BCUT2D eigenvalue weighted by molar-refractivity contribution is 7.13. The molecular weight excluding hydrogens is 590 g/mol. The fraction of sp³-hybridized carbons (Fsp3) is 0.500. The van der Waals surface area contributed by atoms with Gasteiger partial charge in [0, 0.05) is 54.6 Å². The third kappa shape index (κ3) is 8.00. The molecule has 1 N–H and O–H groups in total. The van der Waals surface area contributed by atoms with Gasteiger partial charge in [0.1, 0.15) is 11.2 Å². The summed E-state index contributed by atoms with van der Waals surface area (Å²) in [5, 5.41) is 4.82. The Hall–Kier alpha value is -3.99. The number of nitrogens with one attached hydrogen (secondary N) is 1. The van der Waals surface area contributed by atoms with E-state index >= 15 is 0 Å². The van der Waals surface area contributed by atoms with Crippen molar-refractivity contribution < 1.29 is 23.9 Å². The maximum absolute atomic E-state index is 13.5. The number of piperidine rings is 1. The van der Waals surface area contributed by atoms with Crippen LogP contribution in [0, 0.1) is 0 Å². The third-order valence-corrected chi connectivity index (χ3v) is 8.96. The van der Waals surface area contributed by atoms with Crippen LogP contribution in [0.4, 0.5) is 21.2 Å². The standard InChI is InChI=1S/C34H43N5O5S/c1-32(2,3)43-30(41)37-26-11-10-23(28-9-7-18-45-28)19-24(26)20-27(40)25-21-35-29(36-22-25)39-15-8-12-34(39)13-16-38(17-14-34)31(42)44-33(4,5)6/h7,9-11,18-19,21-22H,8,12-17,20H2,1-6H3,(H,37,41). The van der Waals surface area contributed by atoms with Gasteiger partial charge < -0.3 is 19.3 Å². The molecule has 0 radical (unpaired) electrons. The average Bonchev–Trinajstić information content (AvgIpc) is 3.63. The summed E-state index contributed by atoms with van der Waals surface area (Å²) in [6.07, 6.45) is 6.04. The maximum atomic E-state index is 13.5. The first kappa shape index (κ1) is 32.4. The summed E-state index contributed by atoms with van der Waals surface area (Å²) in [6.45, 7) is 13.1. The molecule has 0 atom stereocenters. The van der Waals surface area contributed by atoms with E-state index in [4.69, 9.17) is 9.47 Å². The SMILES string of the molecule is CC(C)(C)OC(=O)Nc1ccc(-c2cccs2)cc1CC(=O)c1cnc(N2CCCC23CCN(C(=O)OC(C)(C)C)CC3)nc1. The molecule has 5 rings (SSSR count). The number of hydrogen-bond acceptors (Lipinski definition) is 9. The number of thiophene rings is 1. The second-order valence-corrected chi connectivity index (χ2v) is 14.7.